The largest absolute Gasteiger partial charge is 0.460 e. The maximum atomic E-state index is 12.0. The molecule has 0 unspecified atom stereocenters. The molecule has 0 atom stereocenters. The van der Waals surface area contributed by atoms with Crippen molar-refractivity contribution < 1.29 is 14.3 Å². The summed E-state index contributed by atoms with van der Waals surface area (Å²) in [6.07, 6.45) is 4.13. The van der Waals surface area contributed by atoms with Crippen LogP contribution in [0.25, 0.3) is 0 Å². The predicted octanol–water partition coefficient (Wildman–Crippen LogP) is 2.72. The highest BCUT2D eigenvalue weighted by Gasteiger charge is 2.11. The third-order valence-corrected chi connectivity index (χ3v) is 2.81. The van der Waals surface area contributed by atoms with E-state index in [1.54, 1.807) is 6.92 Å². The molecule has 0 aromatic carbocycles. The zero-order chi connectivity index (χ0) is 15.4. The number of amides is 2. The van der Waals surface area contributed by atoms with E-state index in [0.717, 1.165) is 38.8 Å². The Bertz CT molecular complexity index is 308. The molecule has 1 N–H and O–H groups in total. The van der Waals surface area contributed by atoms with Crippen molar-refractivity contribution in [3.8, 4) is 0 Å². The number of hydrogen-bond donors (Lipinski definition) is 1. The minimum absolute atomic E-state index is 0.0849. The van der Waals surface area contributed by atoms with Crippen LogP contribution in [0.4, 0.5) is 4.79 Å². The number of ether oxygens (including phenoxy) is 1. The zero-order valence-corrected chi connectivity index (χ0v) is 13.0. The molecule has 0 aliphatic carbocycles. The van der Waals surface area contributed by atoms with Crippen LogP contribution in [0.3, 0.4) is 0 Å². The van der Waals surface area contributed by atoms with Crippen molar-refractivity contribution in [1.82, 2.24) is 10.2 Å². The lowest BCUT2D eigenvalue weighted by Gasteiger charge is -2.22. The number of nitrogens with zero attached hydrogens (tertiary/aromatic N) is 1. The van der Waals surface area contributed by atoms with Crippen LogP contribution in [-0.2, 0) is 9.53 Å². The molecule has 0 bridgehead atoms. The van der Waals surface area contributed by atoms with Crippen molar-refractivity contribution in [2.45, 2.75) is 46.5 Å². The van der Waals surface area contributed by atoms with E-state index in [9.17, 15) is 9.59 Å². The molecule has 0 aliphatic rings. The molecule has 5 heteroatoms. The number of carbonyl (C=O) groups excluding carboxylic acids is 2. The second kappa shape index (κ2) is 11.3. The fourth-order valence-corrected chi connectivity index (χ4v) is 1.55. The van der Waals surface area contributed by atoms with E-state index in [-0.39, 0.29) is 12.6 Å². The Morgan fingerprint density at radius 3 is 2.15 bits per heavy atom. The summed E-state index contributed by atoms with van der Waals surface area (Å²) in [7, 11) is 0. The van der Waals surface area contributed by atoms with E-state index in [0.29, 0.717) is 12.1 Å². The van der Waals surface area contributed by atoms with Crippen LogP contribution in [0.15, 0.2) is 12.2 Å². The summed E-state index contributed by atoms with van der Waals surface area (Å²) in [5.41, 5.74) is 0.365. The molecule has 0 heterocycles. The Balaban J connectivity index is 3.98. The molecule has 0 saturated carbocycles. The monoisotopic (exact) mass is 284 g/mol. The van der Waals surface area contributed by atoms with Gasteiger partial charge in [-0.3, -0.25) is 0 Å². The van der Waals surface area contributed by atoms with Gasteiger partial charge >= 0.3 is 12.0 Å². The van der Waals surface area contributed by atoms with Crippen molar-refractivity contribution in [1.29, 1.82) is 0 Å². The molecule has 5 nitrogen and oxygen atoms in total. The van der Waals surface area contributed by atoms with Crippen LogP contribution in [0.5, 0.6) is 0 Å². The van der Waals surface area contributed by atoms with Gasteiger partial charge in [-0.1, -0.05) is 33.3 Å². The smallest absolute Gasteiger partial charge is 0.333 e. The predicted molar refractivity (Wildman–Crippen MR) is 80.6 cm³/mol. The SMILES string of the molecule is C=C(C)C(=O)OCCNC(=O)N(CCCC)CCCC. The van der Waals surface area contributed by atoms with Crippen LogP contribution in [-0.4, -0.2) is 43.1 Å². The Morgan fingerprint density at radius 2 is 1.70 bits per heavy atom. The van der Waals surface area contributed by atoms with Crippen molar-refractivity contribution in [3.63, 3.8) is 0 Å². The van der Waals surface area contributed by atoms with Gasteiger partial charge in [-0.2, -0.15) is 0 Å². The van der Waals surface area contributed by atoms with Gasteiger partial charge in [-0.05, 0) is 19.8 Å². The van der Waals surface area contributed by atoms with E-state index in [1.165, 1.54) is 0 Å². The quantitative estimate of drug-likeness (QED) is 0.381. The highest BCUT2D eigenvalue weighted by molar-refractivity contribution is 5.86. The third kappa shape index (κ3) is 8.56. The Hall–Kier alpha value is -1.52. The van der Waals surface area contributed by atoms with Gasteiger partial charge in [0.2, 0.25) is 0 Å². The normalized spacial score (nSPS) is 9.95. The minimum Gasteiger partial charge on any atom is -0.460 e. The molecule has 2 amide bonds. The van der Waals surface area contributed by atoms with Gasteiger partial charge in [-0.25, -0.2) is 9.59 Å². The average Bonchev–Trinajstić information content (AvgIpc) is 2.43. The second-order valence-electron chi connectivity index (χ2n) is 4.84. The first-order valence-electron chi connectivity index (χ1n) is 7.38. The first-order chi connectivity index (χ1) is 9.52. The fourth-order valence-electron chi connectivity index (χ4n) is 1.55. The van der Waals surface area contributed by atoms with E-state index in [4.69, 9.17) is 4.74 Å². The molecule has 0 saturated heterocycles. The highest BCUT2D eigenvalue weighted by Crippen LogP contribution is 1.99. The van der Waals surface area contributed by atoms with Gasteiger partial charge in [0.25, 0.3) is 0 Å². The number of esters is 1. The van der Waals surface area contributed by atoms with Gasteiger partial charge in [0.05, 0.1) is 6.54 Å². The topological polar surface area (TPSA) is 58.6 Å². The van der Waals surface area contributed by atoms with Gasteiger partial charge in [0.15, 0.2) is 0 Å². The molecule has 20 heavy (non-hydrogen) atoms. The highest BCUT2D eigenvalue weighted by atomic mass is 16.5. The number of rotatable bonds is 10. The lowest BCUT2D eigenvalue weighted by molar-refractivity contribution is -0.138. The van der Waals surface area contributed by atoms with Gasteiger partial charge < -0.3 is 15.0 Å². The first kappa shape index (κ1) is 18.5. The molecule has 0 aliphatic heterocycles. The Labute approximate surface area is 122 Å². The number of nitrogens with one attached hydrogen (secondary N) is 1. The first-order valence-corrected chi connectivity index (χ1v) is 7.38. The summed E-state index contributed by atoms with van der Waals surface area (Å²) in [4.78, 5) is 25.0. The summed E-state index contributed by atoms with van der Waals surface area (Å²) in [6.45, 7) is 11.3. The van der Waals surface area contributed by atoms with Crippen molar-refractivity contribution in [3.05, 3.63) is 12.2 Å². The fraction of sp³-hybridized carbons (Fsp3) is 0.733. The molecular formula is C15H28N2O3. The lowest BCUT2D eigenvalue weighted by Crippen LogP contribution is -2.42. The molecule has 0 radical (unpaired) electrons. The average molecular weight is 284 g/mol. The summed E-state index contributed by atoms with van der Waals surface area (Å²) >= 11 is 0. The van der Waals surface area contributed by atoms with Crippen molar-refractivity contribution >= 4 is 12.0 Å². The van der Waals surface area contributed by atoms with E-state index < -0.39 is 5.97 Å². The molecular weight excluding hydrogens is 256 g/mol. The van der Waals surface area contributed by atoms with Crippen molar-refractivity contribution in [2.24, 2.45) is 0 Å². The molecule has 0 aromatic heterocycles. The summed E-state index contributed by atoms with van der Waals surface area (Å²) in [6, 6.07) is -0.0849. The van der Waals surface area contributed by atoms with Gasteiger partial charge in [0.1, 0.15) is 6.61 Å². The second-order valence-corrected chi connectivity index (χ2v) is 4.84. The Morgan fingerprint density at radius 1 is 1.15 bits per heavy atom. The Kier molecular flexibility index (Phi) is 10.5. The van der Waals surface area contributed by atoms with Crippen LogP contribution in [0.2, 0.25) is 0 Å². The maximum absolute atomic E-state index is 12.0. The standard InChI is InChI=1S/C15H28N2O3/c1-5-7-10-17(11-8-6-2)15(19)16-9-12-20-14(18)13(3)4/h3,5-12H2,1-2,4H3,(H,16,19). The van der Waals surface area contributed by atoms with Crippen LogP contribution < -0.4 is 5.32 Å². The van der Waals surface area contributed by atoms with Crippen LogP contribution >= 0.6 is 0 Å². The number of unbranched alkanes of at least 4 members (excludes halogenated alkanes) is 2. The summed E-state index contributed by atoms with van der Waals surface area (Å²) in [5.74, 6) is -0.423. The zero-order valence-electron chi connectivity index (χ0n) is 13.0. The van der Waals surface area contributed by atoms with Crippen LogP contribution in [0, 0.1) is 0 Å². The van der Waals surface area contributed by atoms with E-state index in [1.807, 2.05) is 4.90 Å². The van der Waals surface area contributed by atoms with Crippen molar-refractivity contribution in [2.75, 3.05) is 26.2 Å². The molecule has 0 rings (SSSR count). The van der Waals surface area contributed by atoms with E-state index >= 15 is 0 Å². The molecule has 0 spiro atoms. The number of urea groups is 1. The van der Waals surface area contributed by atoms with E-state index in [2.05, 4.69) is 25.7 Å². The maximum Gasteiger partial charge on any atom is 0.333 e. The number of carbonyl (C=O) groups is 2. The third-order valence-electron chi connectivity index (χ3n) is 2.81. The molecule has 0 aromatic rings. The van der Waals surface area contributed by atoms with Gasteiger partial charge in [-0.15, -0.1) is 0 Å². The molecule has 0 fully saturated rings. The minimum atomic E-state index is -0.423. The number of hydrogen-bond acceptors (Lipinski definition) is 3. The summed E-state index contributed by atoms with van der Waals surface area (Å²) < 4.78 is 4.92. The lowest BCUT2D eigenvalue weighted by atomic mass is 10.3. The molecule has 116 valence electrons. The van der Waals surface area contributed by atoms with Crippen LogP contribution in [0.1, 0.15) is 46.5 Å². The summed E-state index contributed by atoms with van der Waals surface area (Å²) in [5, 5.41) is 2.77. The van der Waals surface area contributed by atoms with Gasteiger partial charge in [0, 0.05) is 18.7 Å².